The quantitative estimate of drug-likeness (QED) is 0.419. The minimum Gasteiger partial charge on any atom is -0.484 e. The van der Waals surface area contributed by atoms with Crippen molar-refractivity contribution in [3.05, 3.63) is 83.2 Å². The van der Waals surface area contributed by atoms with Gasteiger partial charge in [-0.1, -0.05) is 48.5 Å². The number of amides is 2. The largest absolute Gasteiger partial charge is 0.484 e. The van der Waals surface area contributed by atoms with Gasteiger partial charge >= 0.3 is 5.97 Å². The molecular formula is C25H28N4O5. The fourth-order valence-electron chi connectivity index (χ4n) is 3.22. The summed E-state index contributed by atoms with van der Waals surface area (Å²) in [5.74, 6) is -1.08. The van der Waals surface area contributed by atoms with Crippen molar-refractivity contribution in [3.8, 4) is 5.75 Å². The third kappa shape index (κ3) is 7.47. The number of ether oxygens (including phenoxy) is 2. The number of hydrogen-bond acceptors (Lipinski definition) is 6. The molecule has 0 radical (unpaired) electrons. The van der Waals surface area contributed by atoms with Crippen molar-refractivity contribution in [1.29, 1.82) is 0 Å². The van der Waals surface area contributed by atoms with E-state index in [0.29, 0.717) is 12.3 Å². The first-order valence-corrected chi connectivity index (χ1v) is 10.9. The highest BCUT2D eigenvalue weighted by Gasteiger charge is 2.14. The zero-order chi connectivity index (χ0) is 24.3. The first kappa shape index (κ1) is 24.5. The van der Waals surface area contributed by atoms with Gasteiger partial charge in [-0.05, 0) is 31.5 Å². The second-order valence-corrected chi connectivity index (χ2v) is 7.61. The molecule has 0 fully saturated rings. The van der Waals surface area contributed by atoms with Gasteiger partial charge in [0.15, 0.2) is 13.2 Å². The number of nitrogens with zero attached hydrogens (tertiary/aromatic N) is 2. The van der Waals surface area contributed by atoms with E-state index in [1.54, 1.807) is 24.3 Å². The van der Waals surface area contributed by atoms with Crippen LogP contribution >= 0.6 is 0 Å². The molecular weight excluding hydrogens is 436 g/mol. The van der Waals surface area contributed by atoms with E-state index in [1.807, 2.05) is 54.9 Å². The number of nitrogens with one attached hydrogen (secondary N) is 2. The second-order valence-electron chi connectivity index (χ2n) is 7.61. The van der Waals surface area contributed by atoms with Crippen molar-refractivity contribution < 1.29 is 23.9 Å². The second kappa shape index (κ2) is 12.2. The van der Waals surface area contributed by atoms with E-state index in [-0.39, 0.29) is 19.7 Å². The molecule has 0 saturated carbocycles. The Morgan fingerprint density at radius 2 is 1.53 bits per heavy atom. The number of benzene rings is 2. The molecule has 3 rings (SSSR count). The molecule has 34 heavy (non-hydrogen) atoms. The predicted molar refractivity (Wildman–Crippen MR) is 125 cm³/mol. The molecule has 0 bridgehead atoms. The molecule has 2 amide bonds. The highest BCUT2D eigenvalue weighted by molar-refractivity contribution is 5.84. The standard InChI is InChI=1S/C25H28N4O5/c1-18-22(19(2)29(28-18)15-20-9-5-3-6-10-20)13-26-24(31)17-34-25(32)14-27-23(30)16-33-21-11-7-4-8-12-21/h3-12H,13-17H2,1-2H3,(H,26,31)(H,27,30). The Labute approximate surface area is 198 Å². The van der Waals surface area contributed by atoms with Gasteiger partial charge in [0.25, 0.3) is 11.8 Å². The lowest BCUT2D eigenvalue weighted by Gasteiger charge is -2.09. The Bertz CT molecular complexity index is 1110. The van der Waals surface area contributed by atoms with Crippen LogP contribution in [0, 0.1) is 13.8 Å². The molecule has 9 heteroatoms. The molecule has 1 aromatic heterocycles. The van der Waals surface area contributed by atoms with Crippen LogP contribution in [0.2, 0.25) is 0 Å². The van der Waals surface area contributed by atoms with Crippen molar-refractivity contribution in [2.45, 2.75) is 26.9 Å². The number of esters is 1. The Morgan fingerprint density at radius 1 is 0.882 bits per heavy atom. The number of para-hydroxylation sites is 1. The lowest BCUT2D eigenvalue weighted by atomic mass is 10.2. The maximum absolute atomic E-state index is 12.1. The van der Waals surface area contributed by atoms with Crippen LogP contribution in [0.4, 0.5) is 0 Å². The van der Waals surface area contributed by atoms with E-state index in [2.05, 4.69) is 15.7 Å². The maximum atomic E-state index is 12.1. The van der Waals surface area contributed by atoms with E-state index in [4.69, 9.17) is 9.47 Å². The molecule has 0 atom stereocenters. The summed E-state index contributed by atoms with van der Waals surface area (Å²) in [6, 6.07) is 18.8. The minimum atomic E-state index is -0.716. The van der Waals surface area contributed by atoms with Crippen LogP contribution in [0.5, 0.6) is 5.75 Å². The van der Waals surface area contributed by atoms with Crippen molar-refractivity contribution >= 4 is 17.8 Å². The molecule has 0 saturated heterocycles. The number of hydrogen-bond donors (Lipinski definition) is 2. The molecule has 0 aliphatic heterocycles. The van der Waals surface area contributed by atoms with Crippen LogP contribution in [0.25, 0.3) is 0 Å². The third-order valence-corrected chi connectivity index (χ3v) is 5.08. The summed E-state index contributed by atoms with van der Waals surface area (Å²) in [5, 5.41) is 9.69. The zero-order valence-electron chi connectivity index (χ0n) is 19.2. The third-order valence-electron chi connectivity index (χ3n) is 5.08. The van der Waals surface area contributed by atoms with Gasteiger partial charge in [0, 0.05) is 17.8 Å². The normalized spacial score (nSPS) is 10.4. The Balaban J connectivity index is 1.36. The van der Waals surface area contributed by atoms with Crippen molar-refractivity contribution in [3.63, 3.8) is 0 Å². The Hall–Kier alpha value is -4.14. The van der Waals surface area contributed by atoms with Crippen molar-refractivity contribution in [2.75, 3.05) is 19.8 Å². The summed E-state index contributed by atoms with van der Waals surface area (Å²) in [6.45, 7) is 3.74. The molecule has 0 unspecified atom stereocenters. The van der Waals surface area contributed by atoms with Gasteiger partial charge in [-0.2, -0.15) is 5.10 Å². The summed E-state index contributed by atoms with van der Waals surface area (Å²) in [4.78, 5) is 35.7. The van der Waals surface area contributed by atoms with Crippen LogP contribution in [-0.4, -0.2) is 47.3 Å². The van der Waals surface area contributed by atoms with E-state index >= 15 is 0 Å². The maximum Gasteiger partial charge on any atom is 0.325 e. The lowest BCUT2D eigenvalue weighted by Crippen LogP contribution is -2.36. The first-order valence-electron chi connectivity index (χ1n) is 10.9. The van der Waals surface area contributed by atoms with Crippen LogP contribution in [0.1, 0.15) is 22.5 Å². The molecule has 9 nitrogen and oxygen atoms in total. The van der Waals surface area contributed by atoms with Crippen molar-refractivity contribution in [2.24, 2.45) is 0 Å². The van der Waals surface area contributed by atoms with E-state index in [9.17, 15) is 14.4 Å². The van der Waals surface area contributed by atoms with E-state index in [1.165, 1.54) is 0 Å². The number of carbonyl (C=O) groups excluding carboxylic acids is 3. The smallest absolute Gasteiger partial charge is 0.325 e. The van der Waals surface area contributed by atoms with E-state index < -0.39 is 24.4 Å². The van der Waals surface area contributed by atoms with Gasteiger partial charge in [0.2, 0.25) is 0 Å². The zero-order valence-corrected chi connectivity index (χ0v) is 19.2. The summed E-state index contributed by atoms with van der Waals surface area (Å²) in [5.41, 5.74) is 3.83. The minimum absolute atomic E-state index is 0.228. The topological polar surface area (TPSA) is 112 Å². The summed E-state index contributed by atoms with van der Waals surface area (Å²) < 4.78 is 12.1. The fraction of sp³-hybridized carbons (Fsp3) is 0.280. The lowest BCUT2D eigenvalue weighted by molar-refractivity contribution is -0.148. The monoisotopic (exact) mass is 464 g/mol. The van der Waals surface area contributed by atoms with Crippen LogP contribution in [-0.2, 0) is 32.2 Å². The average Bonchev–Trinajstić information content (AvgIpc) is 3.11. The summed E-state index contributed by atoms with van der Waals surface area (Å²) in [6.07, 6.45) is 0. The van der Waals surface area contributed by atoms with Gasteiger partial charge in [0.05, 0.1) is 12.2 Å². The average molecular weight is 465 g/mol. The number of rotatable bonds is 11. The molecule has 1 heterocycles. The fourth-order valence-corrected chi connectivity index (χ4v) is 3.22. The van der Waals surface area contributed by atoms with Gasteiger partial charge in [0.1, 0.15) is 12.3 Å². The summed E-state index contributed by atoms with van der Waals surface area (Å²) >= 11 is 0. The van der Waals surface area contributed by atoms with Gasteiger partial charge in [-0.25, -0.2) is 0 Å². The van der Waals surface area contributed by atoms with Crippen LogP contribution < -0.4 is 15.4 Å². The highest BCUT2D eigenvalue weighted by atomic mass is 16.5. The predicted octanol–water partition coefficient (Wildman–Crippen LogP) is 1.90. The van der Waals surface area contributed by atoms with Crippen LogP contribution in [0.15, 0.2) is 60.7 Å². The van der Waals surface area contributed by atoms with Crippen LogP contribution in [0.3, 0.4) is 0 Å². The molecule has 2 N–H and O–H groups in total. The van der Waals surface area contributed by atoms with Crippen molar-refractivity contribution in [1.82, 2.24) is 20.4 Å². The summed E-state index contributed by atoms with van der Waals surface area (Å²) in [7, 11) is 0. The highest BCUT2D eigenvalue weighted by Crippen LogP contribution is 2.14. The molecule has 3 aromatic rings. The molecule has 0 aliphatic rings. The molecule has 2 aromatic carbocycles. The first-order chi connectivity index (χ1) is 16.4. The molecule has 0 aliphatic carbocycles. The van der Waals surface area contributed by atoms with E-state index in [0.717, 1.165) is 22.5 Å². The number of aromatic nitrogens is 2. The molecule has 0 spiro atoms. The number of carbonyl (C=O) groups is 3. The van der Waals surface area contributed by atoms with Gasteiger partial charge < -0.3 is 20.1 Å². The molecule has 178 valence electrons. The SMILES string of the molecule is Cc1nn(Cc2ccccc2)c(C)c1CNC(=O)COC(=O)CNC(=O)COc1ccccc1. The van der Waals surface area contributed by atoms with Gasteiger partial charge in [-0.15, -0.1) is 0 Å². The Morgan fingerprint density at radius 3 is 2.24 bits per heavy atom. The van der Waals surface area contributed by atoms with Gasteiger partial charge in [-0.3, -0.25) is 19.1 Å². The number of aryl methyl sites for hydroxylation is 1. The Kier molecular flexibility index (Phi) is 8.79.